The van der Waals surface area contributed by atoms with Gasteiger partial charge in [-0.15, -0.1) is 0 Å². The highest BCUT2D eigenvalue weighted by atomic mass is 32.2. The normalized spacial score (nSPS) is 12.0. The van der Waals surface area contributed by atoms with Gasteiger partial charge in [-0.05, 0) is 36.2 Å². The first-order chi connectivity index (χ1) is 17.6. The summed E-state index contributed by atoms with van der Waals surface area (Å²) in [4.78, 5) is 13.0. The van der Waals surface area contributed by atoms with E-state index in [9.17, 15) is 17.6 Å². The molecule has 1 unspecified atom stereocenters. The predicted molar refractivity (Wildman–Crippen MR) is 139 cm³/mol. The lowest BCUT2D eigenvalue weighted by Gasteiger charge is -2.19. The standard InChI is InChI=1S/C26H29FN4O5S/c1-3-36-24(21-12-11-20(35-2)14-22(21)27)26(32)30-15-19-10-9-18(25(28)29)13-23(19)31-37(33,34)16-17-7-5-4-6-8-17/h4-14,24,31H,3,15-16H2,1-2H3,(H3,28,29)(H,30,32). The third-order valence-electron chi connectivity index (χ3n) is 5.40. The van der Waals surface area contributed by atoms with Crippen molar-refractivity contribution in [1.82, 2.24) is 5.32 Å². The van der Waals surface area contributed by atoms with E-state index in [0.717, 1.165) is 6.07 Å². The molecule has 1 amide bonds. The summed E-state index contributed by atoms with van der Waals surface area (Å²) in [6.07, 6.45) is -1.23. The molecule has 0 aliphatic rings. The minimum absolute atomic E-state index is 0.0378. The van der Waals surface area contributed by atoms with E-state index in [1.54, 1.807) is 49.4 Å². The van der Waals surface area contributed by atoms with Crippen LogP contribution in [0.5, 0.6) is 5.75 Å². The molecule has 0 bridgehead atoms. The van der Waals surface area contributed by atoms with Gasteiger partial charge in [0.25, 0.3) is 5.91 Å². The third kappa shape index (κ3) is 7.51. The van der Waals surface area contributed by atoms with Crippen molar-refractivity contribution in [3.8, 4) is 5.75 Å². The van der Waals surface area contributed by atoms with Crippen molar-refractivity contribution < 1.29 is 27.1 Å². The minimum atomic E-state index is -3.83. The first kappa shape index (κ1) is 27.6. The number of benzene rings is 3. The van der Waals surface area contributed by atoms with Crippen molar-refractivity contribution in [3.05, 3.63) is 94.8 Å². The lowest BCUT2D eigenvalue weighted by atomic mass is 10.1. The number of nitrogen functional groups attached to an aromatic ring is 1. The summed E-state index contributed by atoms with van der Waals surface area (Å²) in [5, 5.41) is 10.4. The largest absolute Gasteiger partial charge is 0.497 e. The number of anilines is 1. The summed E-state index contributed by atoms with van der Waals surface area (Å²) in [5.41, 5.74) is 7.10. The van der Waals surface area contributed by atoms with E-state index in [1.165, 1.54) is 25.3 Å². The summed E-state index contributed by atoms with van der Waals surface area (Å²) in [6.45, 7) is 1.74. The lowest BCUT2D eigenvalue weighted by Crippen LogP contribution is -2.31. The van der Waals surface area contributed by atoms with Gasteiger partial charge < -0.3 is 20.5 Å². The number of amides is 1. The number of sulfonamides is 1. The fourth-order valence-corrected chi connectivity index (χ4v) is 4.81. The lowest BCUT2D eigenvalue weighted by molar-refractivity contribution is -0.133. The molecule has 196 valence electrons. The Kier molecular flexibility index (Phi) is 9.20. The molecule has 11 heteroatoms. The number of halogens is 1. The average Bonchev–Trinajstić information content (AvgIpc) is 2.86. The van der Waals surface area contributed by atoms with Crippen LogP contribution in [-0.2, 0) is 31.9 Å². The molecule has 9 nitrogen and oxygen atoms in total. The van der Waals surface area contributed by atoms with Crippen molar-refractivity contribution in [3.63, 3.8) is 0 Å². The number of amidine groups is 1. The van der Waals surface area contributed by atoms with Crippen LogP contribution in [0.15, 0.2) is 66.7 Å². The van der Waals surface area contributed by atoms with Crippen LogP contribution in [0.1, 0.15) is 35.3 Å². The molecule has 0 saturated heterocycles. The van der Waals surface area contributed by atoms with Crippen molar-refractivity contribution in [2.45, 2.75) is 25.3 Å². The summed E-state index contributed by atoms with van der Waals surface area (Å²) in [7, 11) is -2.42. The van der Waals surface area contributed by atoms with Gasteiger partial charge in [0.1, 0.15) is 17.4 Å². The molecule has 1 atom stereocenters. The van der Waals surface area contributed by atoms with Gasteiger partial charge in [0.15, 0.2) is 6.10 Å². The minimum Gasteiger partial charge on any atom is -0.497 e. The topological polar surface area (TPSA) is 144 Å². The van der Waals surface area contributed by atoms with Crippen LogP contribution in [0.25, 0.3) is 0 Å². The first-order valence-corrected chi connectivity index (χ1v) is 13.0. The Hall–Kier alpha value is -3.96. The Bertz CT molecular complexity index is 1370. The molecule has 0 fully saturated rings. The molecule has 3 aromatic rings. The van der Waals surface area contributed by atoms with E-state index in [4.69, 9.17) is 20.6 Å². The van der Waals surface area contributed by atoms with Crippen molar-refractivity contribution >= 4 is 27.5 Å². The first-order valence-electron chi connectivity index (χ1n) is 11.4. The van der Waals surface area contributed by atoms with E-state index in [-0.39, 0.29) is 36.0 Å². The smallest absolute Gasteiger partial charge is 0.254 e. The molecule has 3 aromatic carbocycles. The molecule has 37 heavy (non-hydrogen) atoms. The highest BCUT2D eigenvalue weighted by molar-refractivity contribution is 7.91. The number of methoxy groups -OCH3 is 1. The molecule has 0 radical (unpaired) electrons. The van der Waals surface area contributed by atoms with E-state index < -0.39 is 27.9 Å². The van der Waals surface area contributed by atoms with Crippen LogP contribution in [0.4, 0.5) is 10.1 Å². The third-order valence-corrected chi connectivity index (χ3v) is 6.64. The van der Waals surface area contributed by atoms with Gasteiger partial charge in [-0.3, -0.25) is 14.9 Å². The van der Waals surface area contributed by atoms with Gasteiger partial charge in [0.05, 0.1) is 18.6 Å². The van der Waals surface area contributed by atoms with Crippen molar-refractivity contribution in [2.75, 3.05) is 18.4 Å². The van der Waals surface area contributed by atoms with Crippen molar-refractivity contribution in [2.24, 2.45) is 5.73 Å². The Morgan fingerprint density at radius 1 is 1.11 bits per heavy atom. The molecule has 5 N–H and O–H groups in total. The summed E-state index contributed by atoms with van der Waals surface area (Å²) in [5.74, 6) is -1.49. The van der Waals surface area contributed by atoms with Gasteiger partial charge in [0, 0.05) is 30.3 Å². The van der Waals surface area contributed by atoms with Crippen LogP contribution in [-0.4, -0.2) is 33.9 Å². The molecular formula is C26H29FN4O5S. The zero-order chi connectivity index (χ0) is 27.0. The summed E-state index contributed by atoms with van der Waals surface area (Å²) in [6, 6.07) is 17.3. The van der Waals surface area contributed by atoms with E-state index in [0.29, 0.717) is 22.4 Å². The number of hydrogen-bond acceptors (Lipinski definition) is 6. The molecule has 3 rings (SSSR count). The maximum atomic E-state index is 14.6. The Balaban J connectivity index is 1.83. The Morgan fingerprint density at radius 2 is 1.84 bits per heavy atom. The van der Waals surface area contributed by atoms with Crippen LogP contribution in [0, 0.1) is 11.2 Å². The summed E-state index contributed by atoms with van der Waals surface area (Å²) >= 11 is 0. The fraction of sp³-hybridized carbons (Fsp3) is 0.231. The molecule has 0 aliphatic carbocycles. The second-order valence-corrected chi connectivity index (χ2v) is 9.80. The number of ether oxygens (including phenoxy) is 2. The number of hydrogen-bond donors (Lipinski definition) is 4. The van der Waals surface area contributed by atoms with Gasteiger partial charge in [0.2, 0.25) is 10.0 Å². The fourth-order valence-electron chi connectivity index (χ4n) is 3.59. The van der Waals surface area contributed by atoms with Gasteiger partial charge >= 0.3 is 0 Å². The maximum absolute atomic E-state index is 14.6. The molecule has 0 spiro atoms. The highest BCUT2D eigenvalue weighted by Gasteiger charge is 2.25. The molecule has 0 heterocycles. The molecule has 0 saturated carbocycles. The van der Waals surface area contributed by atoms with Crippen LogP contribution < -0.4 is 20.5 Å². The average molecular weight is 529 g/mol. The van der Waals surface area contributed by atoms with E-state index >= 15 is 0 Å². The van der Waals surface area contributed by atoms with Gasteiger partial charge in [-0.2, -0.15) is 0 Å². The second-order valence-electron chi connectivity index (χ2n) is 8.07. The van der Waals surface area contributed by atoms with Crippen molar-refractivity contribution in [1.29, 1.82) is 5.41 Å². The zero-order valence-electron chi connectivity index (χ0n) is 20.5. The number of nitrogens with two attached hydrogens (primary N) is 1. The predicted octanol–water partition coefficient (Wildman–Crippen LogP) is 3.45. The SMILES string of the molecule is CCOC(C(=O)NCc1ccc(C(=N)N)cc1NS(=O)(=O)Cc1ccccc1)c1ccc(OC)cc1F. The second kappa shape index (κ2) is 12.3. The Labute approximate surface area is 215 Å². The van der Waals surface area contributed by atoms with Crippen LogP contribution in [0.2, 0.25) is 0 Å². The van der Waals surface area contributed by atoms with Gasteiger partial charge in [-0.1, -0.05) is 42.5 Å². The number of rotatable bonds is 12. The van der Waals surface area contributed by atoms with E-state index in [2.05, 4.69) is 10.0 Å². The number of carbonyl (C=O) groups excluding carboxylic acids is 1. The number of carbonyl (C=O) groups is 1. The molecular weight excluding hydrogens is 499 g/mol. The zero-order valence-corrected chi connectivity index (χ0v) is 21.3. The van der Waals surface area contributed by atoms with Crippen LogP contribution in [0.3, 0.4) is 0 Å². The quantitative estimate of drug-likeness (QED) is 0.209. The summed E-state index contributed by atoms with van der Waals surface area (Å²) < 4.78 is 53.4. The Morgan fingerprint density at radius 3 is 2.46 bits per heavy atom. The molecule has 0 aliphatic heterocycles. The monoisotopic (exact) mass is 528 g/mol. The number of nitrogens with one attached hydrogen (secondary N) is 3. The molecule has 0 aromatic heterocycles. The van der Waals surface area contributed by atoms with Gasteiger partial charge in [-0.25, -0.2) is 12.8 Å². The van der Waals surface area contributed by atoms with Crippen LogP contribution >= 0.6 is 0 Å². The van der Waals surface area contributed by atoms with E-state index in [1.807, 2.05) is 0 Å². The highest BCUT2D eigenvalue weighted by Crippen LogP contribution is 2.26. The maximum Gasteiger partial charge on any atom is 0.254 e.